The largest absolute Gasteiger partial charge is 0.311 e. The van der Waals surface area contributed by atoms with Gasteiger partial charge in [-0.2, -0.15) is 0 Å². The summed E-state index contributed by atoms with van der Waals surface area (Å²) in [7, 11) is -3.67. The molecule has 0 saturated carbocycles. The Labute approximate surface area is 147 Å². The SMILES string of the molecule is CCN[C@H]1CCN(c2ccc(S(=O)(=O)Nc3nccs3)cc2)C1=O.[HH].[HH]. The van der Waals surface area contributed by atoms with E-state index in [9.17, 15) is 13.2 Å². The molecule has 0 radical (unpaired) electrons. The number of nitrogens with zero attached hydrogens (tertiary/aromatic N) is 2. The highest BCUT2D eigenvalue weighted by molar-refractivity contribution is 7.93. The lowest BCUT2D eigenvalue weighted by Crippen LogP contribution is -2.38. The highest BCUT2D eigenvalue weighted by Crippen LogP contribution is 2.24. The number of amides is 1. The van der Waals surface area contributed by atoms with Gasteiger partial charge in [-0.1, -0.05) is 6.92 Å². The highest BCUT2D eigenvalue weighted by Gasteiger charge is 2.31. The van der Waals surface area contributed by atoms with E-state index < -0.39 is 10.0 Å². The number of anilines is 2. The zero-order chi connectivity index (χ0) is 17.2. The number of aromatic nitrogens is 1. The van der Waals surface area contributed by atoms with Gasteiger partial charge in [0.2, 0.25) is 5.91 Å². The van der Waals surface area contributed by atoms with Crippen LogP contribution in [0.15, 0.2) is 40.7 Å². The molecule has 2 N–H and O–H groups in total. The summed E-state index contributed by atoms with van der Waals surface area (Å²) in [5.74, 6) is 0.0216. The van der Waals surface area contributed by atoms with E-state index in [0.29, 0.717) is 17.4 Å². The summed E-state index contributed by atoms with van der Waals surface area (Å²) in [6.45, 7) is 3.33. The monoisotopic (exact) mass is 370 g/mol. The van der Waals surface area contributed by atoms with Crippen LogP contribution >= 0.6 is 11.3 Å². The van der Waals surface area contributed by atoms with Crippen LogP contribution < -0.4 is 14.9 Å². The number of likely N-dealkylation sites (N-methyl/N-ethyl adjacent to an activating group) is 1. The number of hydrogen-bond donors (Lipinski definition) is 2. The minimum absolute atomic E-state index is 0. The fraction of sp³-hybridized carbons (Fsp3) is 0.333. The van der Waals surface area contributed by atoms with Crippen LogP contribution in [0.3, 0.4) is 0 Å². The Morgan fingerprint density at radius 3 is 2.75 bits per heavy atom. The molecular formula is C15H22N4O3S2. The molecule has 9 heteroatoms. The van der Waals surface area contributed by atoms with Crippen molar-refractivity contribution < 1.29 is 16.1 Å². The molecule has 2 heterocycles. The Morgan fingerprint density at radius 2 is 2.12 bits per heavy atom. The van der Waals surface area contributed by atoms with Crippen LogP contribution in [0.1, 0.15) is 16.2 Å². The van der Waals surface area contributed by atoms with Crippen molar-refractivity contribution >= 4 is 38.1 Å². The van der Waals surface area contributed by atoms with E-state index in [1.807, 2.05) is 6.92 Å². The first kappa shape index (κ1) is 16.9. The van der Waals surface area contributed by atoms with Crippen LogP contribution in [-0.4, -0.2) is 38.4 Å². The van der Waals surface area contributed by atoms with Crippen molar-refractivity contribution in [3.05, 3.63) is 35.8 Å². The van der Waals surface area contributed by atoms with Crippen molar-refractivity contribution in [3.8, 4) is 0 Å². The van der Waals surface area contributed by atoms with Gasteiger partial charge in [-0.3, -0.25) is 9.52 Å². The number of hydrogen-bond acceptors (Lipinski definition) is 6. The summed E-state index contributed by atoms with van der Waals surface area (Å²) in [4.78, 5) is 18.0. The van der Waals surface area contributed by atoms with E-state index in [1.165, 1.54) is 29.7 Å². The summed E-state index contributed by atoms with van der Waals surface area (Å²) in [5.41, 5.74) is 0.702. The molecule has 24 heavy (non-hydrogen) atoms. The molecule has 3 rings (SSSR count). The van der Waals surface area contributed by atoms with Crippen LogP contribution in [0.2, 0.25) is 0 Å². The number of carbonyl (C=O) groups excluding carboxylic acids is 1. The maximum Gasteiger partial charge on any atom is 0.263 e. The minimum atomic E-state index is -3.67. The van der Waals surface area contributed by atoms with Gasteiger partial charge in [-0.15, -0.1) is 11.3 Å². The number of carbonyl (C=O) groups is 1. The van der Waals surface area contributed by atoms with Gasteiger partial charge in [0.05, 0.1) is 10.9 Å². The standard InChI is InChI=1S/C15H18N4O3S2.2H2/c1-2-16-13-7-9-19(14(13)20)11-3-5-12(6-4-11)24(21,22)18-15-17-8-10-23-15;;/h3-6,8,10,13,16H,2,7,9H2,1H3,(H,17,18);2*1H/t13-;;/m0../s1. The Hall–Kier alpha value is -1.97. The van der Waals surface area contributed by atoms with Gasteiger partial charge in [0.15, 0.2) is 5.13 Å². The van der Waals surface area contributed by atoms with E-state index in [2.05, 4.69) is 15.0 Å². The molecule has 1 fully saturated rings. The molecule has 1 aliphatic heterocycles. The first-order valence-corrected chi connectivity index (χ1v) is 9.94. The molecule has 0 spiro atoms. The Balaban J connectivity index is 0.00000169. The smallest absolute Gasteiger partial charge is 0.263 e. The Bertz CT molecular complexity index is 814. The number of sulfonamides is 1. The van der Waals surface area contributed by atoms with Gasteiger partial charge >= 0.3 is 0 Å². The van der Waals surface area contributed by atoms with E-state index >= 15 is 0 Å². The van der Waals surface area contributed by atoms with E-state index in [4.69, 9.17) is 0 Å². The average molecular weight is 370 g/mol. The normalized spacial score (nSPS) is 18.1. The summed E-state index contributed by atoms with van der Waals surface area (Å²) in [6.07, 6.45) is 2.28. The van der Waals surface area contributed by atoms with Crippen LogP contribution in [0, 0.1) is 0 Å². The second-order valence-electron chi connectivity index (χ2n) is 5.33. The first-order valence-electron chi connectivity index (χ1n) is 7.58. The van der Waals surface area contributed by atoms with Gasteiger partial charge in [0, 0.05) is 26.7 Å². The van der Waals surface area contributed by atoms with Gasteiger partial charge in [-0.25, -0.2) is 13.4 Å². The second kappa shape index (κ2) is 6.88. The number of benzene rings is 1. The lowest BCUT2D eigenvalue weighted by molar-refractivity contribution is -0.118. The summed E-state index contributed by atoms with van der Waals surface area (Å²) in [5, 5.41) is 5.17. The molecule has 1 aromatic carbocycles. The molecule has 2 aromatic rings. The number of nitrogens with one attached hydrogen (secondary N) is 2. The third-order valence-corrected chi connectivity index (χ3v) is 5.94. The number of rotatable bonds is 6. The topological polar surface area (TPSA) is 91.4 Å². The summed E-state index contributed by atoms with van der Waals surface area (Å²) in [6, 6.07) is 6.15. The molecule has 7 nitrogen and oxygen atoms in total. The average Bonchev–Trinajstić information content (AvgIpc) is 3.18. The van der Waals surface area contributed by atoms with Crippen molar-refractivity contribution in [2.45, 2.75) is 24.3 Å². The van der Waals surface area contributed by atoms with E-state index in [1.54, 1.807) is 22.4 Å². The molecule has 0 bridgehead atoms. The predicted octanol–water partition coefficient (Wildman–Crippen LogP) is 2.15. The quantitative estimate of drug-likeness (QED) is 0.813. The van der Waals surface area contributed by atoms with Crippen LogP contribution in [-0.2, 0) is 14.8 Å². The third-order valence-electron chi connectivity index (χ3n) is 3.77. The molecule has 1 atom stereocenters. The molecule has 132 valence electrons. The van der Waals surface area contributed by atoms with Crippen molar-refractivity contribution in [1.82, 2.24) is 10.3 Å². The van der Waals surface area contributed by atoms with Crippen molar-refractivity contribution in [3.63, 3.8) is 0 Å². The lowest BCUT2D eigenvalue weighted by Gasteiger charge is -2.17. The van der Waals surface area contributed by atoms with Gasteiger partial charge < -0.3 is 10.2 Å². The highest BCUT2D eigenvalue weighted by atomic mass is 32.2. The second-order valence-corrected chi connectivity index (χ2v) is 7.90. The predicted molar refractivity (Wildman–Crippen MR) is 98.0 cm³/mol. The zero-order valence-electron chi connectivity index (χ0n) is 13.1. The van der Waals surface area contributed by atoms with Gasteiger partial charge in [0.25, 0.3) is 10.0 Å². The summed E-state index contributed by atoms with van der Waals surface area (Å²) >= 11 is 1.21. The van der Waals surface area contributed by atoms with Gasteiger partial charge in [0.1, 0.15) is 0 Å². The van der Waals surface area contributed by atoms with Crippen molar-refractivity contribution in [1.29, 1.82) is 0 Å². The van der Waals surface area contributed by atoms with Crippen molar-refractivity contribution in [2.24, 2.45) is 0 Å². The van der Waals surface area contributed by atoms with E-state index in [0.717, 1.165) is 13.0 Å². The first-order chi connectivity index (χ1) is 11.5. The maximum absolute atomic E-state index is 12.3. The zero-order valence-corrected chi connectivity index (χ0v) is 14.7. The molecular weight excluding hydrogens is 348 g/mol. The van der Waals surface area contributed by atoms with E-state index in [-0.39, 0.29) is 19.7 Å². The molecule has 1 aliphatic rings. The van der Waals surface area contributed by atoms with Crippen molar-refractivity contribution in [2.75, 3.05) is 22.7 Å². The number of thiazole rings is 1. The molecule has 1 amide bonds. The molecule has 0 aliphatic carbocycles. The fourth-order valence-corrected chi connectivity index (χ4v) is 4.41. The molecule has 1 saturated heterocycles. The fourth-order valence-electron chi connectivity index (χ4n) is 2.63. The Morgan fingerprint density at radius 1 is 1.38 bits per heavy atom. The maximum atomic E-state index is 12.3. The van der Waals surface area contributed by atoms with Crippen LogP contribution in [0.25, 0.3) is 0 Å². The van der Waals surface area contributed by atoms with Gasteiger partial charge in [-0.05, 0) is 37.2 Å². The Kier molecular flexibility index (Phi) is 4.83. The minimum Gasteiger partial charge on any atom is -0.311 e. The van der Waals surface area contributed by atoms with Crippen LogP contribution in [0.5, 0.6) is 0 Å². The lowest BCUT2D eigenvalue weighted by atomic mass is 10.2. The van der Waals surface area contributed by atoms with Crippen LogP contribution in [0.4, 0.5) is 10.8 Å². The summed E-state index contributed by atoms with van der Waals surface area (Å²) < 4.78 is 27.0. The molecule has 0 unspecified atom stereocenters. The molecule has 1 aromatic heterocycles. The third kappa shape index (κ3) is 3.42.